The number of hydrazine groups is 1. The average Bonchev–Trinajstić information content (AvgIpc) is 2.85. The summed E-state index contributed by atoms with van der Waals surface area (Å²) < 4.78 is 0. The Morgan fingerprint density at radius 1 is 1.10 bits per heavy atom. The molecule has 0 bridgehead atoms. The number of hydrogen-bond donors (Lipinski definition) is 4. The summed E-state index contributed by atoms with van der Waals surface area (Å²) in [4.78, 5) is 17.6. The smallest absolute Gasteiger partial charge is 0.239 e. The molecule has 0 aliphatic heterocycles. The van der Waals surface area contributed by atoms with Crippen LogP contribution in [-0.4, -0.2) is 19.9 Å². The van der Waals surface area contributed by atoms with Crippen molar-refractivity contribution in [2.24, 2.45) is 5.84 Å². The molecule has 0 aliphatic carbocycles. The Bertz CT molecular complexity index is 751. The Labute approximate surface area is 121 Å². The quantitative estimate of drug-likeness (QED) is 0.242. The molecule has 0 spiro atoms. The van der Waals surface area contributed by atoms with Gasteiger partial charge in [0.05, 0.1) is 0 Å². The molecule has 20 heavy (non-hydrogen) atoms. The number of rotatable bonds is 3. The minimum absolute atomic E-state index is 0.313. The van der Waals surface area contributed by atoms with Gasteiger partial charge in [0.25, 0.3) is 0 Å². The van der Waals surface area contributed by atoms with Gasteiger partial charge in [-0.25, -0.2) is 25.8 Å². The Balaban J connectivity index is 2.07. The van der Waals surface area contributed by atoms with Gasteiger partial charge < -0.3 is 11.5 Å². The Morgan fingerprint density at radius 2 is 1.85 bits per heavy atom. The van der Waals surface area contributed by atoms with E-state index in [1.807, 2.05) is 11.4 Å². The maximum absolute atomic E-state index is 5.65. The van der Waals surface area contributed by atoms with Gasteiger partial charge in [0.1, 0.15) is 21.5 Å². The van der Waals surface area contributed by atoms with Crippen molar-refractivity contribution < 1.29 is 0 Å². The normalized spacial score (nSPS) is 10.8. The zero-order valence-corrected chi connectivity index (χ0v) is 11.7. The lowest BCUT2D eigenvalue weighted by atomic mass is 10.4. The van der Waals surface area contributed by atoms with Crippen LogP contribution in [0, 0.1) is 0 Å². The highest BCUT2D eigenvalue weighted by Gasteiger charge is 2.12. The fraction of sp³-hybridized carbons (Fsp3) is 0. The topological polar surface area (TPSA) is 142 Å². The lowest BCUT2D eigenvalue weighted by molar-refractivity contribution is 0.977. The number of hydrogen-bond acceptors (Lipinski definition) is 10. The second-order valence-corrected chi connectivity index (χ2v) is 5.59. The average molecular weight is 306 g/mol. The molecule has 10 heteroatoms. The van der Waals surface area contributed by atoms with Crippen molar-refractivity contribution in [3.05, 3.63) is 17.5 Å². The van der Waals surface area contributed by atoms with Gasteiger partial charge in [0.15, 0.2) is 5.16 Å². The predicted molar refractivity (Wildman–Crippen MR) is 80.2 cm³/mol. The van der Waals surface area contributed by atoms with Gasteiger partial charge in [-0.05, 0) is 23.2 Å². The lowest BCUT2D eigenvalue weighted by Crippen LogP contribution is -2.10. The van der Waals surface area contributed by atoms with E-state index < -0.39 is 0 Å². The monoisotopic (exact) mass is 306 g/mol. The molecule has 0 radical (unpaired) electrons. The summed E-state index contributed by atoms with van der Waals surface area (Å²) >= 11 is 2.76. The molecule has 3 aromatic rings. The van der Waals surface area contributed by atoms with Crippen LogP contribution in [0.1, 0.15) is 0 Å². The van der Waals surface area contributed by atoms with Crippen molar-refractivity contribution in [2.75, 3.05) is 16.9 Å². The van der Waals surface area contributed by atoms with Crippen LogP contribution < -0.4 is 22.7 Å². The van der Waals surface area contributed by atoms with Gasteiger partial charge in [0, 0.05) is 11.5 Å². The molecule has 102 valence electrons. The van der Waals surface area contributed by atoms with E-state index >= 15 is 0 Å². The van der Waals surface area contributed by atoms with E-state index in [1.54, 1.807) is 0 Å². The number of thiophene rings is 1. The molecule has 0 fully saturated rings. The van der Waals surface area contributed by atoms with Crippen LogP contribution in [0.15, 0.2) is 27.7 Å². The van der Waals surface area contributed by atoms with Crippen LogP contribution in [0.5, 0.6) is 0 Å². The van der Waals surface area contributed by atoms with Crippen molar-refractivity contribution in [3.63, 3.8) is 0 Å². The van der Waals surface area contributed by atoms with Gasteiger partial charge >= 0.3 is 0 Å². The highest BCUT2D eigenvalue weighted by atomic mass is 32.2. The van der Waals surface area contributed by atoms with Crippen LogP contribution in [0.3, 0.4) is 0 Å². The minimum atomic E-state index is 0.313. The lowest BCUT2D eigenvalue weighted by Gasteiger charge is -2.05. The van der Waals surface area contributed by atoms with Crippen molar-refractivity contribution in [3.8, 4) is 0 Å². The highest BCUT2D eigenvalue weighted by molar-refractivity contribution is 7.99. The van der Waals surface area contributed by atoms with E-state index in [-0.39, 0.29) is 0 Å². The van der Waals surface area contributed by atoms with Crippen molar-refractivity contribution in [1.29, 1.82) is 0 Å². The summed E-state index contributed by atoms with van der Waals surface area (Å²) in [5.74, 6) is 6.33. The molecule has 7 N–H and O–H groups in total. The van der Waals surface area contributed by atoms with Crippen LogP contribution in [-0.2, 0) is 0 Å². The number of nitrogen functional groups attached to an aromatic ring is 3. The molecule has 0 aromatic carbocycles. The second-order valence-electron chi connectivity index (χ2n) is 3.74. The Kier molecular flexibility index (Phi) is 3.26. The molecule has 3 heterocycles. The Morgan fingerprint density at radius 3 is 2.55 bits per heavy atom. The maximum atomic E-state index is 5.65. The summed E-state index contributed by atoms with van der Waals surface area (Å²) in [5, 5.41) is 3.95. The number of aromatic nitrogens is 4. The first-order valence-electron chi connectivity index (χ1n) is 5.45. The van der Waals surface area contributed by atoms with Crippen molar-refractivity contribution in [2.45, 2.75) is 10.2 Å². The van der Waals surface area contributed by atoms with E-state index in [0.717, 1.165) is 10.2 Å². The number of nitrogens with zero attached hydrogens (tertiary/aromatic N) is 4. The van der Waals surface area contributed by atoms with E-state index in [0.29, 0.717) is 27.8 Å². The number of nitrogens with two attached hydrogens (primary N) is 3. The Hall–Kier alpha value is -2.17. The predicted octanol–water partition coefficient (Wildman–Crippen LogP) is 1.08. The molecule has 0 aliphatic rings. The summed E-state index contributed by atoms with van der Waals surface area (Å²) in [7, 11) is 0. The molecular formula is C10H10N8S2. The van der Waals surface area contributed by atoms with Gasteiger partial charge in [-0.3, -0.25) is 5.43 Å². The standard InChI is InChI=1S/C10H10N8S2/c11-5-3-6(12)15-10(14-5)20-8-4-1-2-19-7(4)16-9(17-8)18-13/h1-3H,13H2,(H,16,17,18)(H4,11,12,14,15). The second kappa shape index (κ2) is 5.07. The molecule has 0 saturated heterocycles. The molecule has 0 unspecified atom stereocenters. The number of nitrogens with one attached hydrogen (secondary N) is 1. The maximum Gasteiger partial charge on any atom is 0.239 e. The van der Waals surface area contributed by atoms with E-state index in [9.17, 15) is 0 Å². The van der Waals surface area contributed by atoms with E-state index in [2.05, 4.69) is 25.4 Å². The fourth-order valence-electron chi connectivity index (χ4n) is 1.56. The van der Waals surface area contributed by atoms with E-state index in [1.165, 1.54) is 29.2 Å². The van der Waals surface area contributed by atoms with Gasteiger partial charge in [-0.15, -0.1) is 11.3 Å². The third-order valence-electron chi connectivity index (χ3n) is 2.35. The molecule has 0 saturated carbocycles. The summed E-state index contributed by atoms with van der Waals surface area (Å²) in [6, 6.07) is 3.43. The van der Waals surface area contributed by atoms with Crippen LogP contribution in [0.4, 0.5) is 17.6 Å². The first-order chi connectivity index (χ1) is 9.65. The van der Waals surface area contributed by atoms with Crippen molar-refractivity contribution >= 4 is 50.9 Å². The minimum Gasteiger partial charge on any atom is -0.383 e. The third-order valence-corrected chi connectivity index (χ3v) is 4.03. The number of anilines is 3. The largest absolute Gasteiger partial charge is 0.383 e. The van der Waals surface area contributed by atoms with Gasteiger partial charge in [-0.2, -0.15) is 0 Å². The molecule has 3 aromatic heterocycles. The van der Waals surface area contributed by atoms with Gasteiger partial charge in [-0.1, -0.05) is 0 Å². The van der Waals surface area contributed by atoms with Crippen LogP contribution >= 0.6 is 23.1 Å². The first-order valence-corrected chi connectivity index (χ1v) is 7.15. The highest BCUT2D eigenvalue weighted by Crippen LogP contribution is 2.33. The summed E-state index contributed by atoms with van der Waals surface area (Å²) in [5.41, 5.74) is 13.7. The van der Waals surface area contributed by atoms with Crippen molar-refractivity contribution in [1.82, 2.24) is 19.9 Å². The molecule has 3 rings (SSSR count). The summed E-state index contributed by atoms with van der Waals surface area (Å²) in [6.45, 7) is 0. The molecule has 8 nitrogen and oxygen atoms in total. The first kappa shape index (κ1) is 12.8. The zero-order valence-electron chi connectivity index (χ0n) is 10.1. The van der Waals surface area contributed by atoms with Gasteiger partial charge in [0.2, 0.25) is 5.95 Å². The molecule has 0 atom stereocenters. The SMILES string of the molecule is NNc1nc(Sc2nc(N)cc(N)n2)c2ccsc2n1. The van der Waals surface area contributed by atoms with Crippen LogP contribution in [0.2, 0.25) is 0 Å². The fourth-order valence-corrected chi connectivity index (χ4v) is 3.27. The number of fused-ring (bicyclic) bond motifs is 1. The third kappa shape index (κ3) is 2.43. The molecular weight excluding hydrogens is 296 g/mol. The molecule has 0 amide bonds. The zero-order chi connectivity index (χ0) is 14.1. The summed E-state index contributed by atoms with van der Waals surface area (Å²) in [6.07, 6.45) is 0. The van der Waals surface area contributed by atoms with Crippen LogP contribution in [0.25, 0.3) is 10.2 Å². The van der Waals surface area contributed by atoms with E-state index in [4.69, 9.17) is 17.3 Å².